The van der Waals surface area contributed by atoms with Crippen LogP contribution in [-0.4, -0.2) is 29.0 Å². The highest BCUT2D eigenvalue weighted by Gasteiger charge is 2.40. The number of hydrogen-bond donors (Lipinski definition) is 1. The molecule has 2 heterocycles. The van der Waals surface area contributed by atoms with Gasteiger partial charge in [-0.25, -0.2) is 8.42 Å². The van der Waals surface area contributed by atoms with Crippen LogP contribution >= 0.6 is 0 Å². The number of halogens is 3. The van der Waals surface area contributed by atoms with Gasteiger partial charge in [-0.15, -0.1) is 5.10 Å². The first kappa shape index (κ1) is 15.8. The van der Waals surface area contributed by atoms with E-state index in [1.54, 1.807) is 13.8 Å². The largest absolute Gasteiger partial charge is 0.437 e. The number of aryl methyl sites for hydroxylation is 1. The van der Waals surface area contributed by atoms with Crippen LogP contribution in [0.2, 0.25) is 0 Å². The lowest BCUT2D eigenvalue weighted by molar-refractivity contribution is -0.142. The zero-order valence-corrected chi connectivity index (χ0v) is 12.2. The third-order valence-electron chi connectivity index (χ3n) is 2.61. The second-order valence-corrected chi connectivity index (χ2v) is 7.02. The van der Waals surface area contributed by atoms with Gasteiger partial charge in [-0.2, -0.15) is 23.1 Å². The molecule has 1 aromatic heterocycles. The molecule has 7 nitrogen and oxygen atoms in total. The van der Waals surface area contributed by atoms with Gasteiger partial charge in [0.05, 0.1) is 0 Å². The van der Waals surface area contributed by atoms with Gasteiger partial charge in [0.15, 0.2) is 10.7 Å². The van der Waals surface area contributed by atoms with Gasteiger partial charge in [0.2, 0.25) is 9.84 Å². The van der Waals surface area contributed by atoms with E-state index in [1.807, 2.05) is 0 Å². The normalized spacial score (nSPS) is 18.5. The second kappa shape index (κ2) is 4.70. The predicted molar refractivity (Wildman–Crippen MR) is 65.0 cm³/mol. The minimum Gasteiger partial charge on any atom is -0.265 e. The van der Waals surface area contributed by atoms with Crippen LogP contribution in [0.3, 0.4) is 0 Å². The van der Waals surface area contributed by atoms with Crippen molar-refractivity contribution in [2.75, 3.05) is 0 Å². The van der Waals surface area contributed by atoms with Crippen molar-refractivity contribution in [3.8, 4) is 0 Å². The number of sulfone groups is 1. The first-order chi connectivity index (χ1) is 9.41. The van der Waals surface area contributed by atoms with E-state index in [4.69, 9.17) is 4.84 Å². The van der Waals surface area contributed by atoms with Crippen molar-refractivity contribution in [1.29, 1.82) is 0 Å². The van der Waals surface area contributed by atoms with E-state index in [0.29, 0.717) is 4.80 Å². The molecule has 0 unspecified atom stereocenters. The fourth-order valence-corrected chi connectivity index (χ4v) is 3.07. The molecule has 0 radical (unpaired) electrons. The van der Waals surface area contributed by atoms with Gasteiger partial charge in [-0.05, 0) is 19.9 Å². The van der Waals surface area contributed by atoms with E-state index in [1.165, 1.54) is 13.1 Å². The minimum absolute atomic E-state index is 0.286. The fraction of sp³-hybridized carbons (Fsp3) is 0.600. The molecule has 1 aromatic rings. The first-order valence-corrected chi connectivity index (χ1v) is 7.43. The molecule has 0 saturated heterocycles. The number of nitrogens with one attached hydrogen (secondary N) is 1. The van der Waals surface area contributed by atoms with E-state index in [2.05, 4.69) is 15.7 Å². The van der Waals surface area contributed by atoms with Crippen LogP contribution in [0.4, 0.5) is 13.2 Å². The van der Waals surface area contributed by atoms with Crippen molar-refractivity contribution in [1.82, 2.24) is 20.5 Å². The Morgan fingerprint density at radius 1 is 1.38 bits per heavy atom. The van der Waals surface area contributed by atoms with Gasteiger partial charge in [-0.3, -0.25) is 10.3 Å². The average molecular weight is 326 g/mol. The van der Waals surface area contributed by atoms with Gasteiger partial charge >= 0.3 is 6.18 Å². The lowest BCUT2D eigenvalue weighted by Crippen LogP contribution is -2.23. The SMILES string of the molecule is Cn1nc(CS(=O)(=O)C2=CC(C)(C)ON2)c(C(F)(F)F)n1. The van der Waals surface area contributed by atoms with E-state index >= 15 is 0 Å². The number of aromatic nitrogens is 3. The summed E-state index contributed by atoms with van der Waals surface area (Å²) in [6.07, 6.45) is -3.49. The summed E-state index contributed by atoms with van der Waals surface area (Å²) in [5, 5.41) is 6.36. The van der Waals surface area contributed by atoms with E-state index in [-0.39, 0.29) is 5.03 Å². The number of hydrogen-bond acceptors (Lipinski definition) is 6. The molecule has 0 saturated carbocycles. The molecule has 1 aliphatic rings. The quantitative estimate of drug-likeness (QED) is 0.888. The van der Waals surface area contributed by atoms with Crippen LogP contribution in [0.25, 0.3) is 0 Å². The summed E-state index contributed by atoms with van der Waals surface area (Å²) in [5.41, 5.74) is -0.622. The van der Waals surface area contributed by atoms with Crippen molar-refractivity contribution in [2.45, 2.75) is 31.4 Å². The molecule has 118 valence electrons. The van der Waals surface area contributed by atoms with Crippen molar-refractivity contribution in [3.63, 3.8) is 0 Å². The zero-order chi connectivity index (χ0) is 16.1. The van der Waals surface area contributed by atoms with Crippen molar-refractivity contribution < 1.29 is 26.4 Å². The summed E-state index contributed by atoms with van der Waals surface area (Å²) in [6, 6.07) is 0. The molecule has 21 heavy (non-hydrogen) atoms. The van der Waals surface area contributed by atoms with Crippen LogP contribution in [0, 0.1) is 0 Å². The molecule has 0 atom stereocenters. The third-order valence-corrected chi connectivity index (χ3v) is 4.13. The molecule has 2 rings (SSSR count). The standard InChI is InChI=1S/C10H13F3N4O3S/c1-9(2)4-7(16-20-9)21(18,19)5-6-8(10(11,12)13)15-17(3)14-6/h4,16H,5H2,1-3H3. The smallest absolute Gasteiger partial charge is 0.265 e. The minimum atomic E-state index is -4.77. The monoisotopic (exact) mass is 326 g/mol. The lowest BCUT2D eigenvalue weighted by atomic mass is 10.1. The Bertz CT molecular complexity index is 691. The predicted octanol–water partition coefficient (Wildman–Crippen LogP) is 0.904. The van der Waals surface area contributed by atoms with Crippen LogP contribution in [0.1, 0.15) is 25.2 Å². The van der Waals surface area contributed by atoms with Gasteiger partial charge in [0, 0.05) is 7.05 Å². The maximum atomic E-state index is 12.8. The van der Waals surface area contributed by atoms with E-state index < -0.39 is 38.8 Å². The Hall–Kier alpha value is -1.62. The molecular formula is C10H13F3N4O3S. The summed E-state index contributed by atoms with van der Waals surface area (Å²) in [7, 11) is -2.86. The van der Waals surface area contributed by atoms with Crippen molar-refractivity contribution >= 4 is 9.84 Å². The van der Waals surface area contributed by atoms with E-state index in [0.717, 1.165) is 0 Å². The Kier molecular flexibility index (Phi) is 3.53. The Labute approximate surface area is 118 Å². The topological polar surface area (TPSA) is 86.1 Å². The maximum Gasteiger partial charge on any atom is 0.437 e. The number of nitrogens with zero attached hydrogens (tertiary/aromatic N) is 3. The molecular weight excluding hydrogens is 313 g/mol. The summed E-state index contributed by atoms with van der Waals surface area (Å²) in [6.45, 7) is 3.21. The molecule has 0 bridgehead atoms. The third kappa shape index (κ3) is 3.35. The Morgan fingerprint density at radius 2 is 2.00 bits per heavy atom. The van der Waals surface area contributed by atoms with Crippen LogP contribution in [-0.2, 0) is 33.7 Å². The summed E-state index contributed by atoms with van der Waals surface area (Å²) < 4.78 is 62.6. The lowest BCUT2D eigenvalue weighted by Gasteiger charge is -2.11. The average Bonchev–Trinajstić information content (AvgIpc) is 2.80. The van der Waals surface area contributed by atoms with Crippen LogP contribution < -0.4 is 5.48 Å². The highest BCUT2D eigenvalue weighted by atomic mass is 32.2. The second-order valence-electron chi connectivity index (χ2n) is 5.06. The van der Waals surface area contributed by atoms with E-state index in [9.17, 15) is 21.6 Å². The summed E-state index contributed by atoms with van der Waals surface area (Å²) in [5.74, 6) is -0.923. The molecule has 0 aliphatic carbocycles. The fourth-order valence-electron chi connectivity index (χ4n) is 1.73. The molecule has 0 amide bonds. The van der Waals surface area contributed by atoms with Crippen LogP contribution in [0.5, 0.6) is 0 Å². The van der Waals surface area contributed by atoms with Gasteiger partial charge in [-0.1, -0.05) is 0 Å². The number of hydroxylamine groups is 1. The summed E-state index contributed by atoms with van der Waals surface area (Å²) >= 11 is 0. The number of alkyl halides is 3. The molecule has 0 fully saturated rings. The molecule has 11 heteroatoms. The van der Waals surface area contributed by atoms with Crippen molar-refractivity contribution in [3.05, 3.63) is 22.5 Å². The maximum absolute atomic E-state index is 12.8. The first-order valence-electron chi connectivity index (χ1n) is 5.78. The number of rotatable bonds is 3. The van der Waals surface area contributed by atoms with Gasteiger partial charge < -0.3 is 0 Å². The van der Waals surface area contributed by atoms with Gasteiger partial charge in [0.25, 0.3) is 0 Å². The molecule has 0 aromatic carbocycles. The van der Waals surface area contributed by atoms with Crippen molar-refractivity contribution in [2.24, 2.45) is 7.05 Å². The van der Waals surface area contributed by atoms with Crippen LogP contribution in [0.15, 0.2) is 11.1 Å². The zero-order valence-electron chi connectivity index (χ0n) is 11.4. The Morgan fingerprint density at radius 3 is 2.48 bits per heavy atom. The highest BCUT2D eigenvalue weighted by molar-refractivity contribution is 7.94. The Balaban J connectivity index is 2.35. The molecule has 1 aliphatic heterocycles. The molecule has 0 spiro atoms. The summed E-state index contributed by atoms with van der Waals surface area (Å²) in [4.78, 5) is 5.68. The van der Waals surface area contributed by atoms with Gasteiger partial charge in [0.1, 0.15) is 17.0 Å². The molecule has 1 N–H and O–H groups in total. The highest BCUT2D eigenvalue weighted by Crippen LogP contribution is 2.31.